The highest BCUT2D eigenvalue weighted by Crippen LogP contribution is 2.41. The molecule has 1 amide bonds. The van der Waals surface area contributed by atoms with Crippen molar-refractivity contribution in [3.63, 3.8) is 0 Å². The van der Waals surface area contributed by atoms with E-state index in [1.165, 1.54) is 19.1 Å². The molecule has 5 nitrogen and oxygen atoms in total. The maximum Gasteiger partial charge on any atom is 0.211 e. The lowest BCUT2D eigenvalue weighted by atomic mass is 9.87. The van der Waals surface area contributed by atoms with Gasteiger partial charge in [0.2, 0.25) is 6.41 Å². The lowest BCUT2D eigenvalue weighted by Gasteiger charge is -2.27. The van der Waals surface area contributed by atoms with Gasteiger partial charge in [-0.05, 0) is 43.3 Å². The van der Waals surface area contributed by atoms with E-state index in [-0.39, 0.29) is 33.5 Å². The number of carbonyl (C=O) groups is 2. The fourth-order valence-electron chi connectivity index (χ4n) is 2.73. The Balaban J connectivity index is 2.35. The van der Waals surface area contributed by atoms with Crippen molar-refractivity contribution in [2.75, 3.05) is 24.3 Å². The van der Waals surface area contributed by atoms with Crippen LogP contribution in [-0.2, 0) is 10.4 Å². The molecule has 2 rings (SSSR count). The highest BCUT2D eigenvalue weighted by atomic mass is 35.5. The SMILES string of the molecule is CN(C)c1ccc(C(=O)CC(C)(O)c2c(Cl)ccc(Cl)c2NC=O)cc1. The first-order valence-corrected chi connectivity index (χ1v) is 8.64. The Hall–Kier alpha value is -2.08. The number of hydrogen-bond donors (Lipinski definition) is 2. The van der Waals surface area contributed by atoms with Gasteiger partial charge in [0.05, 0.1) is 16.3 Å². The number of Topliss-reactive ketones (excluding diaryl/α,β-unsaturated/α-hetero) is 1. The van der Waals surface area contributed by atoms with Gasteiger partial charge in [0.15, 0.2) is 5.78 Å². The molecule has 2 aromatic carbocycles. The van der Waals surface area contributed by atoms with Gasteiger partial charge >= 0.3 is 0 Å². The van der Waals surface area contributed by atoms with Crippen LogP contribution in [0.5, 0.6) is 0 Å². The van der Waals surface area contributed by atoms with Crippen LogP contribution >= 0.6 is 23.2 Å². The number of hydrogen-bond acceptors (Lipinski definition) is 4. The Bertz CT molecular complexity index is 818. The Morgan fingerprint density at radius 1 is 1.15 bits per heavy atom. The molecule has 0 bridgehead atoms. The zero-order valence-corrected chi connectivity index (χ0v) is 16.2. The summed E-state index contributed by atoms with van der Waals surface area (Å²) in [5.41, 5.74) is 0.208. The first-order valence-electron chi connectivity index (χ1n) is 7.89. The molecule has 7 heteroatoms. The van der Waals surface area contributed by atoms with Gasteiger partial charge in [-0.1, -0.05) is 23.2 Å². The van der Waals surface area contributed by atoms with Crippen LogP contribution in [0, 0.1) is 0 Å². The van der Waals surface area contributed by atoms with Gasteiger partial charge in [-0.15, -0.1) is 0 Å². The third-order valence-electron chi connectivity index (χ3n) is 4.06. The highest BCUT2D eigenvalue weighted by molar-refractivity contribution is 6.36. The topological polar surface area (TPSA) is 69.6 Å². The van der Waals surface area contributed by atoms with Crippen LogP contribution < -0.4 is 10.2 Å². The van der Waals surface area contributed by atoms with Crippen molar-refractivity contribution in [1.29, 1.82) is 0 Å². The number of carbonyl (C=O) groups excluding carboxylic acids is 2. The average molecular weight is 395 g/mol. The van der Waals surface area contributed by atoms with Gasteiger partial charge in [-0.2, -0.15) is 0 Å². The molecule has 2 aromatic rings. The number of nitrogens with zero attached hydrogens (tertiary/aromatic N) is 1. The molecule has 0 fully saturated rings. The minimum Gasteiger partial charge on any atom is -0.385 e. The standard InChI is InChI=1S/C19H20Cl2N2O3/c1-19(26,17-14(20)8-9-15(21)18(17)22-11-24)10-16(25)12-4-6-13(7-5-12)23(2)3/h4-9,11,26H,10H2,1-3H3,(H,22,24). The van der Waals surface area contributed by atoms with Gasteiger partial charge in [0, 0.05) is 42.4 Å². The van der Waals surface area contributed by atoms with E-state index in [9.17, 15) is 14.7 Å². The van der Waals surface area contributed by atoms with Crippen molar-refractivity contribution in [2.24, 2.45) is 0 Å². The number of benzene rings is 2. The average Bonchev–Trinajstić information content (AvgIpc) is 2.57. The number of aliphatic hydroxyl groups is 1. The van der Waals surface area contributed by atoms with Gasteiger partial charge < -0.3 is 15.3 Å². The highest BCUT2D eigenvalue weighted by Gasteiger charge is 2.33. The van der Waals surface area contributed by atoms with Crippen molar-refractivity contribution in [3.8, 4) is 0 Å². The van der Waals surface area contributed by atoms with Crippen molar-refractivity contribution in [1.82, 2.24) is 0 Å². The second-order valence-electron chi connectivity index (χ2n) is 6.36. The molecule has 0 aromatic heterocycles. The van der Waals surface area contributed by atoms with Gasteiger partial charge in [0.25, 0.3) is 0 Å². The summed E-state index contributed by atoms with van der Waals surface area (Å²) in [6, 6.07) is 10.1. The van der Waals surface area contributed by atoms with E-state index >= 15 is 0 Å². The summed E-state index contributed by atoms with van der Waals surface area (Å²) in [7, 11) is 3.81. The molecule has 1 unspecified atom stereocenters. The molecule has 0 aliphatic carbocycles. The molecule has 0 saturated carbocycles. The van der Waals surface area contributed by atoms with E-state index in [1.807, 2.05) is 31.1 Å². The maximum absolute atomic E-state index is 12.6. The number of ketones is 1. The summed E-state index contributed by atoms with van der Waals surface area (Å²) in [4.78, 5) is 25.4. The van der Waals surface area contributed by atoms with Crippen molar-refractivity contribution < 1.29 is 14.7 Å². The van der Waals surface area contributed by atoms with E-state index in [0.717, 1.165) is 5.69 Å². The first kappa shape index (κ1) is 20.2. The maximum atomic E-state index is 12.6. The second-order valence-corrected chi connectivity index (χ2v) is 7.17. The molecule has 0 spiro atoms. The van der Waals surface area contributed by atoms with E-state index in [1.54, 1.807) is 12.1 Å². The van der Waals surface area contributed by atoms with Gasteiger partial charge in [0.1, 0.15) is 0 Å². The largest absolute Gasteiger partial charge is 0.385 e. The number of amides is 1. The number of rotatable bonds is 7. The predicted octanol–water partition coefficient (Wildman–Crippen LogP) is 4.11. The second kappa shape index (κ2) is 8.08. The Morgan fingerprint density at radius 2 is 1.73 bits per heavy atom. The molecule has 0 aliphatic rings. The molecule has 2 N–H and O–H groups in total. The summed E-state index contributed by atoms with van der Waals surface area (Å²) in [6.45, 7) is 1.46. The van der Waals surface area contributed by atoms with Crippen LogP contribution in [-0.4, -0.2) is 31.4 Å². The molecule has 1 atom stereocenters. The predicted molar refractivity (Wildman–Crippen MR) is 105 cm³/mol. The van der Waals surface area contributed by atoms with Crippen molar-refractivity contribution >= 4 is 46.8 Å². The Labute approximate surface area is 162 Å². The summed E-state index contributed by atoms with van der Waals surface area (Å²) >= 11 is 12.3. The monoisotopic (exact) mass is 394 g/mol. The van der Waals surface area contributed by atoms with Crippen LogP contribution in [0.1, 0.15) is 29.3 Å². The molecule has 0 aliphatic heterocycles. The van der Waals surface area contributed by atoms with E-state index in [4.69, 9.17) is 23.2 Å². The number of anilines is 2. The van der Waals surface area contributed by atoms with Crippen LogP contribution in [0.25, 0.3) is 0 Å². The van der Waals surface area contributed by atoms with E-state index < -0.39 is 5.60 Å². The summed E-state index contributed by atoms with van der Waals surface area (Å²) in [5, 5.41) is 13.8. The number of nitrogens with one attached hydrogen (secondary N) is 1. The van der Waals surface area contributed by atoms with Crippen molar-refractivity contribution in [2.45, 2.75) is 18.9 Å². The lowest BCUT2D eigenvalue weighted by molar-refractivity contribution is -0.105. The van der Waals surface area contributed by atoms with E-state index in [2.05, 4.69) is 5.32 Å². The summed E-state index contributed by atoms with van der Waals surface area (Å²) in [5.74, 6) is -0.256. The van der Waals surface area contributed by atoms with Crippen LogP contribution in [0.3, 0.4) is 0 Å². The molecule has 0 heterocycles. The van der Waals surface area contributed by atoms with E-state index in [0.29, 0.717) is 12.0 Å². The van der Waals surface area contributed by atoms with Gasteiger partial charge in [-0.3, -0.25) is 9.59 Å². The Kier molecular flexibility index (Phi) is 6.29. The van der Waals surface area contributed by atoms with Crippen LogP contribution in [0.15, 0.2) is 36.4 Å². The van der Waals surface area contributed by atoms with Crippen molar-refractivity contribution in [3.05, 3.63) is 57.6 Å². The minimum atomic E-state index is -1.62. The molecule has 26 heavy (non-hydrogen) atoms. The van der Waals surface area contributed by atoms with Crippen LogP contribution in [0.2, 0.25) is 10.0 Å². The quantitative estimate of drug-likeness (QED) is 0.547. The summed E-state index contributed by atoms with van der Waals surface area (Å²) in [6.07, 6.45) is 0.223. The lowest BCUT2D eigenvalue weighted by Crippen LogP contribution is -2.27. The number of halogens is 2. The third-order valence-corrected chi connectivity index (χ3v) is 4.69. The normalized spacial score (nSPS) is 13.0. The first-order chi connectivity index (χ1) is 12.2. The minimum absolute atomic E-state index is 0.190. The molecular formula is C19H20Cl2N2O3. The Morgan fingerprint density at radius 3 is 2.27 bits per heavy atom. The molecular weight excluding hydrogens is 375 g/mol. The fourth-order valence-corrected chi connectivity index (χ4v) is 3.30. The zero-order valence-electron chi connectivity index (χ0n) is 14.7. The smallest absolute Gasteiger partial charge is 0.211 e. The van der Waals surface area contributed by atoms with Gasteiger partial charge in [-0.25, -0.2) is 0 Å². The third kappa shape index (κ3) is 4.36. The molecule has 138 valence electrons. The van der Waals surface area contributed by atoms with Crippen LogP contribution in [0.4, 0.5) is 11.4 Å². The summed E-state index contributed by atoms with van der Waals surface area (Å²) < 4.78 is 0. The molecule has 0 radical (unpaired) electrons. The zero-order chi connectivity index (χ0) is 19.5. The fraction of sp³-hybridized carbons (Fsp3) is 0.263. The molecule has 0 saturated heterocycles.